The van der Waals surface area contributed by atoms with E-state index in [2.05, 4.69) is 13.8 Å². The Kier molecular flexibility index (Phi) is 3.60. The summed E-state index contributed by atoms with van der Waals surface area (Å²) in [5.41, 5.74) is 1.53. The van der Waals surface area contributed by atoms with Crippen LogP contribution in [-0.4, -0.2) is 28.5 Å². The minimum atomic E-state index is 0.0781. The third kappa shape index (κ3) is 2.84. The predicted molar refractivity (Wildman–Crippen MR) is 71.7 cm³/mol. The van der Waals surface area contributed by atoms with E-state index in [1.165, 1.54) is 12.8 Å². The molecule has 1 aromatic rings. The maximum Gasteiger partial charge on any atom is 0.254 e. The molecule has 1 N–H and O–H groups in total. The summed E-state index contributed by atoms with van der Waals surface area (Å²) in [5.74, 6) is 0.977. The van der Waals surface area contributed by atoms with E-state index in [-0.39, 0.29) is 17.7 Å². The van der Waals surface area contributed by atoms with Crippen molar-refractivity contribution in [2.45, 2.75) is 39.7 Å². The number of carbonyl (C=O) groups is 1. The molecule has 1 saturated carbocycles. The Bertz CT molecular complexity index is 450. The highest BCUT2D eigenvalue weighted by molar-refractivity contribution is 5.96. The normalized spacial score (nSPS) is 14.9. The number of hydrogen-bond donors (Lipinski definition) is 1. The van der Waals surface area contributed by atoms with Crippen LogP contribution in [0.1, 0.15) is 42.6 Å². The molecule has 2 rings (SSSR count). The topological polar surface area (TPSA) is 40.5 Å². The van der Waals surface area contributed by atoms with Crippen LogP contribution in [0, 0.1) is 12.8 Å². The fourth-order valence-corrected chi connectivity index (χ4v) is 2.15. The van der Waals surface area contributed by atoms with Crippen molar-refractivity contribution in [3.05, 3.63) is 29.3 Å². The molecule has 1 aliphatic carbocycles. The van der Waals surface area contributed by atoms with Gasteiger partial charge in [0.25, 0.3) is 5.91 Å². The number of phenolic OH excluding ortho intramolecular Hbond substituents is 1. The summed E-state index contributed by atoms with van der Waals surface area (Å²) >= 11 is 0. The van der Waals surface area contributed by atoms with Crippen molar-refractivity contribution in [2.24, 2.45) is 5.92 Å². The molecule has 3 nitrogen and oxygen atoms in total. The van der Waals surface area contributed by atoms with Crippen LogP contribution >= 0.6 is 0 Å². The Morgan fingerprint density at radius 2 is 2.11 bits per heavy atom. The van der Waals surface area contributed by atoms with Crippen LogP contribution in [0.5, 0.6) is 5.75 Å². The van der Waals surface area contributed by atoms with E-state index < -0.39 is 0 Å². The number of nitrogens with zero attached hydrogens (tertiary/aromatic N) is 1. The molecule has 0 heterocycles. The fraction of sp³-hybridized carbons (Fsp3) is 0.533. The number of rotatable bonds is 4. The van der Waals surface area contributed by atoms with Crippen molar-refractivity contribution in [3.8, 4) is 5.75 Å². The highest BCUT2D eigenvalue weighted by atomic mass is 16.3. The van der Waals surface area contributed by atoms with Gasteiger partial charge in [0.15, 0.2) is 0 Å². The number of aryl methyl sites for hydroxylation is 1. The first-order valence-electron chi connectivity index (χ1n) is 6.59. The monoisotopic (exact) mass is 247 g/mol. The molecule has 0 spiro atoms. The van der Waals surface area contributed by atoms with Crippen molar-refractivity contribution in [1.82, 2.24) is 4.90 Å². The molecule has 1 amide bonds. The molecule has 1 aromatic carbocycles. The van der Waals surface area contributed by atoms with Gasteiger partial charge in [-0.05, 0) is 63.3 Å². The first kappa shape index (κ1) is 12.9. The Labute approximate surface area is 108 Å². The number of benzene rings is 1. The lowest BCUT2D eigenvalue weighted by Gasteiger charge is -2.27. The summed E-state index contributed by atoms with van der Waals surface area (Å²) in [6, 6.07) is 5.15. The van der Waals surface area contributed by atoms with Crippen LogP contribution in [-0.2, 0) is 0 Å². The third-order valence-corrected chi connectivity index (χ3v) is 3.48. The zero-order chi connectivity index (χ0) is 13.3. The van der Waals surface area contributed by atoms with Crippen LogP contribution in [0.2, 0.25) is 0 Å². The van der Waals surface area contributed by atoms with Gasteiger partial charge in [-0.15, -0.1) is 0 Å². The Balaban J connectivity index is 2.20. The van der Waals surface area contributed by atoms with Gasteiger partial charge >= 0.3 is 0 Å². The summed E-state index contributed by atoms with van der Waals surface area (Å²) in [4.78, 5) is 14.5. The number of carbonyl (C=O) groups excluding carboxylic acids is 1. The number of amides is 1. The minimum absolute atomic E-state index is 0.0781. The molecule has 0 saturated heterocycles. The zero-order valence-corrected chi connectivity index (χ0v) is 11.3. The van der Waals surface area contributed by atoms with Crippen LogP contribution < -0.4 is 0 Å². The van der Waals surface area contributed by atoms with E-state index in [1.54, 1.807) is 18.2 Å². The van der Waals surface area contributed by atoms with Crippen molar-refractivity contribution in [2.75, 3.05) is 6.54 Å². The van der Waals surface area contributed by atoms with Crippen LogP contribution in [0.4, 0.5) is 0 Å². The van der Waals surface area contributed by atoms with Gasteiger partial charge in [0.2, 0.25) is 0 Å². The fourth-order valence-electron chi connectivity index (χ4n) is 2.15. The van der Waals surface area contributed by atoms with Gasteiger partial charge in [-0.25, -0.2) is 0 Å². The lowest BCUT2D eigenvalue weighted by atomic mass is 10.1. The molecule has 0 bridgehead atoms. The minimum Gasteiger partial charge on any atom is -0.508 e. The van der Waals surface area contributed by atoms with Gasteiger partial charge in [0.1, 0.15) is 5.75 Å². The van der Waals surface area contributed by atoms with E-state index in [0.717, 1.165) is 12.1 Å². The molecule has 0 radical (unpaired) electrons. The van der Waals surface area contributed by atoms with Gasteiger partial charge in [0.05, 0.1) is 0 Å². The highest BCUT2D eigenvalue weighted by Crippen LogP contribution is 2.31. The molecular weight excluding hydrogens is 226 g/mol. The summed E-state index contributed by atoms with van der Waals surface area (Å²) in [7, 11) is 0. The maximum absolute atomic E-state index is 12.5. The summed E-state index contributed by atoms with van der Waals surface area (Å²) in [5, 5.41) is 9.40. The molecule has 0 atom stereocenters. The van der Waals surface area contributed by atoms with Crippen molar-refractivity contribution in [3.63, 3.8) is 0 Å². The lowest BCUT2D eigenvalue weighted by molar-refractivity contribution is 0.0695. The summed E-state index contributed by atoms with van der Waals surface area (Å²) in [6.45, 7) is 6.82. The van der Waals surface area contributed by atoms with Gasteiger partial charge in [-0.2, -0.15) is 0 Å². The molecule has 1 aliphatic rings. The number of hydrogen-bond acceptors (Lipinski definition) is 2. The Hall–Kier alpha value is -1.51. The van der Waals surface area contributed by atoms with Crippen molar-refractivity contribution < 1.29 is 9.90 Å². The smallest absolute Gasteiger partial charge is 0.254 e. The SMILES string of the molecule is Cc1cc(O)ccc1C(=O)N(CC1CC1)C(C)C. The third-order valence-electron chi connectivity index (χ3n) is 3.48. The summed E-state index contributed by atoms with van der Waals surface area (Å²) < 4.78 is 0. The Morgan fingerprint density at radius 3 is 2.61 bits per heavy atom. The number of aromatic hydroxyl groups is 1. The molecule has 1 fully saturated rings. The van der Waals surface area contributed by atoms with E-state index in [1.807, 2.05) is 11.8 Å². The zero-order valence-electron chi connectivity index (χ0n) is 11.3. The average molecular weight is 247 g/mol. The van der Waals surface area contributed by atoms with Gasteiger partial charge < -0.3 is 10.0 Å². The molecule has 98 valence electrons. The maximum atomic E-state index is 12.5. The molecule has 0 aromatic heterocycles. The first-order chi connectivity index (χ1) is 8.49. The highest BCUT2D eigenvalue weighted by Gasteiger charge is 2.29. The van der Waals surface area contributed by atoms with E-state index in [9.17, 15) is 9.90 Å². The quantitative estimate of drug-likeness (QED) is 0.888. The van der Waals surface area contributed by atoms with Crippen LogP contribution in [0.15, 0.2) is 18.2 Å². The van der Waals surface area contributed by atoms with Crippen LogP contribution in [0.25, 0.3) is 0 Å². The van der Waals surface area contributed by atoms with Crippen molar-refractivity contribution >= 4 is 5.91 Å². The standard InChI is InChI=1S/C15H21NO2/c1-10(2)16(9-12-4-5-12)15(18)14-7-6-13(17)8-11(14)3/h6-8,10,12,17H,4-5,9H2,1-3H3. The van der Waals surface area contributed by atoms with Crippen LogP contribution in [0.3, 0.4) is 0 Å². The predicted octanol–water partition coefficient (Wildman–Crippen LogP) is 2.96. The number of phenols is 1. The van der Waals surface area contributed by atoms with Gasteiger partial charge in [0, 0.05) is 18.2 Å². The average Bonchev–Trinajstić information content (AvgIpc) is 3.08. The second-order valence-electron chi connectivity index (χ2n) is 5.49. The molecule has 18 heavy (non-hydrogen) atoms. The molecular formula is C15H21NO2. The van der Waals surface area contributed by atoms with Gasteiger partial charge in [-0.1, -0.05) is 0 Å². The largest absolute Gasteiger partial charge is 0.508 e. The van der Waals surface area contributed by atoms with Gasteiger partial charge in [-0.3, -0.25) is 4.79 Å². The second-order valence-corrected chi connectivity index (χ2v) is 5.49. The lowest BCUT2D eigenvalue weighted by Crippen LogP contribution is -2.38. The molecule has 3 heteroatoms. The van der Waals surface area contributed by atoms with E-state index >= 15 is 0 Å². The first-order valence-corrected chi connectivity index (χ1v) is 6.59. The molecule has 0 unspecified atom stereocenters. The van der Waals surface area contributed by atoms with E-state index in [0.29, 0.717) is 11.5 Å². The van der Waals surface area contributed by atoms with Crippen molar-refractivity contribution in [1.29, 1.82) is 0 Å². The molecule has 0 aliphatic heterocycles. The summed E-state index contributed by atoms with van der Waals surface area (Å²) in [6.07, 6.45) is 2.48. The second kappa shape index (κ2) is 5.01. The Morgan fingerprint density at radius 1 is 1.44 bits per heavy atom. The van der Waals surface area contributed by atoms with E-state index in [4.69, 9.17) is 0 Å².